The van der Waals surface area contributed by atoms with Crippen molar-refractivity contribution in [2.45, 2.75) is 18.7 Å². The number of carbonyl (C=O) groups excluding carboxylic acids is 2. The molecule has 0 atom stereocenters. The first-order valence-electron chi connectivity index (χ1n) is 10.1. The lowest BCUT2D eigenvalue weighted by molar-refractivity contribution is -0.114. The summed E-state index contributed by atoms with van der Waals surface area (Å²) in [4.78, 5) is 24.2. The Bertz CT molecular complexity index is 1270. The molecule has 0 unspecified atom stereocenters. The first-order chi connectivity index (χ1) is 15.6. The van der Waals surface area contributed by atoms with E-state index < -0.39 is 28.4 Å². The molecule has 2 amide bonds. The predicted molar refractivity (Wildman–Crippen MR) is 127 cm³/mol. The van der Waals surface area contributed by atoms with Crippen molar-refractivity contribution in [3.8, 4) is 5.75 Å². The number of methoxy groups -OCH3 is 1. The molecule has 0 aliphatic rings. The van der Waals surface area contributed by atoms with Crippen LogP contribution in [-0.4, -0.2) is 33.9 Å². The van der Waals surface area contributed by atoms with Crippen LogP contribution in [0.2, 0.25) is 0 Å². The van der Waals surface area contributed by atoms with Gasteiger partial charge in [0.2, 0.25) is 11.8 Å². The average Bonchev–Trinajstić information content (AvgIpc) is 2.79. The number of sulfonamides is 1. The van der Waals surface area contributed by atoms with E-state index in [2.05, 4.69) is 5.32 Å². The number of nitrogens with zero attached hydrogens (tertiary/aromatic N) is 1. The van der Waals surface area contributed by atoms with Gasteiger partial charge in [0.15, 0.2) is 0 Å². The molecule has 0 heterocycles. The largest absolute Gasteiger partial charge is 0.497 e. The molecular formula is C24H25N3O5S. The van der Waals surface area contributed by atoms with E-state index in [0.29, 0.717) is 28.3 Å². The molecule has 0 spiro atoms. The second-order valence-corrected chi connectivity index (χ2v) is 9.30. The number of amides is 2. The van der Waals surface area contributed by atoms with E-state index in [1.54, 1.807) is 50.2 Å². The molecule has 0 saturated heterocycles. The monoisotopic (exact) mass is 467 g/mol. The van der Waals surface area contributed by atoms with Gasteiger partial charge in [-0.25, -0.2) is 8.42 Å². The van der Waals surface area contributed by atoms with Gasteiger partial charge in [-0.1, -0.05) is 12.1 Å². The number of carbonyl (C=O) groups is 2. The fourth-order valence-corrected chi connectivity index (χ4v) is 4.95. The minimum Gasteiger partial charge on any atom is -0.497 e. The molecule has 0 bridgehead atoms. The fourth-order valence-electron chi connectivity index (χ4n) is 3.22. The summed E-state index contributed by atoms with van der Waals surface area (Å²) >= 11 is 0. The zero-order valence-electron chi connectivity index (χ0n) is 18.5. The van der Waals surface area contributed by atoms with Crippen LogP contribution in [0.4, 0.5) is 11.4 Å². The smallest absolute Gasteiger partial charge is 0.265 e. The van der Waals surface area contributed by atoms with E-state index in [9.17, 15) is 18.0 Å². The molecule has 9 heteroatoms. The molecule has 0 aliphatic heterocycles. The van der Waals surface area contributed by atoms with Crippen molar-refractivity contribution < 1.29 is 22.7 Å². The summed E-state index contributed by atoms with van der Waals surface area (Å²) in [5.41, 5.74) is 7.61. The van der Waals surface area contributed by atoms with Gasteiger partial charge in [-0.15, -0.1) is 0 Å². The lowest BCUT2D eigenvalue weighted by Crippen LogP contribution is -2.38. The van der Waals surface area contributed by atoms with Gasteiger partial charge >= 0.3 is 0 Å². The second kappa shape index (κ2) is 9.74. The molecule has 0 aliphatic carbocycles. The van der Waals surface area contributed by atoms with Crippen LogP contribution in [0.15, 0.2) is 71.6 Å². The van der Waals surface area contributed by atoms with Gasteiger partial charge in [-0.05, 0) is 79.6 Å². The maximum atomic E-state index is 13.6. The highest BCUT2D eigenvalue weighted by atomic mass is 32.2. The number of nitrogens with one attached hydrogen (secondary N) is 1. The summed E-state index contributed by atoms with van der Waals surface area (Å²) < 4.78 is 33.5. The summed E-state index contributed by atoms with van der Waals surface area (Å²) in [5.74, 6) is -0.577. The van der Waals surface area contributed by atoms with E-state index in [4.69, 9.17) is 10.5 Å². The van der Waals surface area contributed by atoms with Crippen molar-refractivity contribution in [2.75, 3.05) is 23.3 Å². The third kappa shape index (κ3) is 5.50. The highest BCUT2D eigenvalue weighted by Crippen LogP contribution is 2.28. The molecule has 3 aromatic carbocycles. The maximum absolute atomic E-state index is 13.6. The lowest BCUT2D eigenvalue weighted by Gasteiger charge is -2.25. The number of anilines is 2. The molecule has 0 saturated carbocycles. The second-order valence-electron chi connectivity index (χ2n) is 7.47. The van der Waals surface area contributed by atoms with E-state index in [1.165, 1.54) is 31.4 Å². The molecule has 8 nitrogen and oxygen atoms in total. The summed E-state index contributed by atoms with van der Waals surface area (Å²) in [6.07, 6.45) is 0. The minimum absolute atomic E-state index is 0.122. The molecule has 172 valence electrons. The Morgan fingerprint density at radius 1 is 0.970 bits per heavy atom. The van der Waals surface area contributed by atoms with Crippen LogP contribution < -0.4 is 20.1 Å². The Morgan fingerprint density at radius 3 is 2.18 bits per heavy atom. The number of ether oxygens (including phenoxy) is 1. The third-order valence-electron chi connectivity index (χ3n) is 5.01. The van der Waals surface area contributed by atoms with Crippen molar-refractivity contribution in [1.82, 2.24) is 0 Å². The molecule has 0 radical (unpaired) electrons. The maximum Gasteiger partial charge on any atom is 0.265 e. The normalized spacial score (nSPS) is 11.0. The van der Waals surface area contributed by atoms with Gasteiger partial charge in [0, 0.05) is 11.3 Å². The highest BCUT2D eigenvalue weighted by Gasteiger charge is 2.29. The zero-order valence-corrected chi connectivity index (χ0v) is 19.3. The summed E-state index contributed by atoms with van der Waals surface area (Å²) in [7, 11) is -2.55. The lowest BCUT2D eigenvalue weighted by atomic mass is 10.2. The Labute approximate surface area is 193 Å². The zero-order chi connectivity index (χ0) is 24.2. The molecule has 33 heavy (non-hydrogen) atoms. The van der Waals surface area contributed by atoms with E-state index >= 15 is 0 Å². The third-order valence-corrected chi connectivity index (χ3v) is 6.93. The Morgan fingerprint density at radius 2 is 1.61 bits per heavy atom. The van der Waals surface area contributed by atoms with E-state index in [1.807, 2.05) is 6.07 Å². The quantitative estimate of drug-likeness (QED) is 0.527. The summed E-state index contributed by atoms with van der Waals surface area (Å²) in [6, 6.07) is 17.6. The topological polar surface area (TPSA) is 119 Å². The summed E-state index contributed by atoms with van der Waals surface area (Å²) in [6.45, 7) is 3.05. The molecule has 3 rings (SSSR count). The van der Waals surface area contributed by atoms with Crippen LogP contribution in [-0.2, 0) is 14.8 Å². The Kier molecular flexibility index (Phi) is 7.03. The van der Waals surface area contributed by atoms with Gasteiger partial charge in [0.25, 0.3) is 10.0 Å². The number of aryl methyl sites for hydroxylation is 2. The molecule has 3 aromatic rings. The fraction of sp³-hybridized carbons (Fsp3) is 0.167. The molecule has 0 aromatic heterocycles. The Hall–Kier alpha value is -3.85. The Balaban J connectivity index is 1.95. The summed E-state index contributed by atoms with van der Waals surface area (Å²) in [5, 5.41) is 2.66. The first-order valence-corrected chi connectivity index (χ1v) is 11.5. The van der Waals surface area contributed by atoms with Crippen LogP contribution in [0.5, 0.6) is 5.75 Å². The first kappa shape index (κ1) is 23.8. The number of nitrogens with two attached hydrogens (primary N) is 1. The molecular weight excluding hydrogens is 442 g/mol. The van der Waals surface area contributed by atoms with Gasteiger partial charge in [0.1, 0.15) is 12.3 Å². The number of hydrogen-bond donors (Lipinski definition) is 2. The molecule has 0 fully saturated rings. The van der Waals surface area contributed by atoms with Crippen LogP contribution in [0.3, 0.4) is 0 Å². The number of primary amides is 1. The molecule has 3 N–H and O–H groups in total. The van der Waals surface area contributed by atoms with Crippen LogP contribution in [0, 0.1) is 13.8 Å². The van der Waals surface area contributed by atoms with Gasteiger partial charge in [-0.3, -0.25) is 13.9 Å². The van der Waals surface area contributed by atoms with Gasteiger partial charge in [-0.2, -0.15) is 0 Å². The minimum atomic E-state index is -4.06. The van der Waals surface area contributed by atoms with Crippen molar-refractivity contribution in [1.29, 1.82) is 0 Å². The number of rotatable bonds is 8. The highest BCUT2D eigenvalue weighted by molar-refractivity contribution is 7.93. The van der Waals surface area contributed by atoms with Crippen molar-refractivity contribution in [2.24, 2.45) is 5.73 Å². The van der Waals surface area contributed by atoms with E-state index in [0.717, 1.165) is 9.87 Å². The van der Waals surface area contributed by atoms with Crippen molar-refractivity contribution in [3.63, 3.8) is 0 Å². The van der Waals surface area contributed by atoms with E-state index in [-0.39, 0.29) is 4.90 Å². The van der Waals surface area contributed by atoms with Crippen LogP contribution in [0.25, 0.3) is 0 Å². The number of benzene rings is 3. The van der Waals surface area contributed by atoms with Crippen LogP contribution >= 0.6 is 0 Å². The standard InChI is InChI=1S/C24H25N3O5S/c1-16-4-5-17(2)22(14-16)33(30,31)27(20-10-12-21(32-3)13-11-20)15-23(28)26-19-8-6-18(7-9-19)24(25)29/h4-14H,15H2,1-3H3,(H2,25,29)(H,26,28). The average molecular weight is 468 g/mol. The number of hydrogen-bond acceptors (Lipinski definition) is 5. The van der Waals surface area contributed by atoms with Crippen molar-refractivity contribution in [3.05, 3.63) is 83.4 Å². The van der Waals surface area contributed by atoms with Gasteiger partial charge < -0.3 is 15.8 Å². The van der Waals surface area contributed by atoms with Gasteiger partial charge in [0.05, 0.1) is 17.7 Å². The van der Waals surface area contributed by atoms with Crippen LogP contribution in [0.1, 0.15) is 21.5 Å². The SMILES string of the molecule is COc1ccc(N(CC(=O)Nc2ccc(C(N)=O)cc2)S(=O)(=O)c2cc(C)ccc2C)cc1. The predicted octanol–water partition coefficient (Wildman–Crippen LogP) is 3.24. The van der Waals surface area contributed by atoms with Crippen molar-refractivity contribution >= 4 is 33.2 Å².